The highest BCUT2D eigenvalue weighted by atomic mass is 19.1. The highest BCUT2D eigenvalue weighted by molar-refractivity contribution is 6.05. The van der Waals surface area contributed by atoms with Gasteiger partial charge >= 0.3 is 0 Å². The van der Waals surface area contributed by atoms with E-state index in [0.29, 0.717) is 23.0 Å². The first kappa shape index (κ1) is 16.1. The third-order valence-electron chi connectivity index (χ3n) is 5.46. The summed E-state index contributed by atoms with van der Waals surface area (Å²) in [6, 6.07) is 3.14. The molecule has 0 saturated heterocycles. The number of fused-ring (bicyclic) bond motifs is 3. The van der Waals surface area contributed by atoms with Gasteiger partial charge in [0.05, 0.1) is 11.1 Å². The Labute approximate surface area is 144 Å². The molecule has 0 spiro atoms. The topological polar surface area (TPSA) is 79.4 Å². The van der Waals surface area contributed by atoms with Crippen LogP contribution in [-0.2, 0) is 0 Å². The second-order valence-electron chi connectivity index (χ2n) is 7.15. The average molecular weight is 343 g/mol. The predicted molar refractivity (Wildman–Crippen MR) is 94.2 cm³/mol. The van der Waals surface area contributed by atoms with Crippen molar-refractivity contribution in [3.8, 4) is 0 Å². The van der Waals surface area contributed by atoms with Gasteiger partial charge in [0.2, 0.25) is 0 Å². The lowest BCUT2D eigenvalue weighted by Crippen LogP contribution is -2.31. The van der Waals surface area contributed by atoms with Crippen molar-refractivity contribution in [3.05, 3.63) is 35.3 Å². The number of aromatic amines is 1. The predicted octanol–water partition coefficient (Wildman–Crippen LogP) is 2.64. The van der Waals surface area contributed by atoms with E-state index >= 15 is 0 Å². The van der Waals surface area contributed by atoms with E-state index in [0.717, 1.165) is 36.9 Å². The van der Waals surface area contributed by atoms with Gasteiger partial charge in [0, 0.05) is 23.9 Å². The number of imidazole rings is 1. The van der Waals surface area contributed by atoms with Crippen molar-refractivity contribution < 1.29 is 9.18 Å². The lowest BCUT2D eigenvalue weighted by Gasteiger charge is -2.32. The van der Waals surface area contributed by atoms with Crippen LogP contribution in [0.1, 0.15) is 47.5 Å². The summed E-state index contributed by atoms with van der Waals surface area (Å²) in [6.07, 6.45) is 6.44. The normalized spacial score (nSPS) is 21.4. The van der Waals surface area contributed by atoms with Gasteiger partial charge in [0.25, 0.3) is 5.91 Å². The number of carbonyl (C=O) groups excluding carboxylic acids is 1. The van der Waals surface area contributed by atoms with Crippen LogP contribution in [0.5, 0.6) is 0 Å². The Bertz CT molecular complexity index is 949. The highest BCUT2D eigenvalue weighted by Gasteiger charge is 2.27. The summed E-state index contributed by atoms with van der Waals surface area (Å²) in [7, 11) is 4.25. The number of halogens is 1. The van der Waals surface area contributed by atoms with E-state index in [9.17, 15) is 9.18 Å². The molecule has 0 radical (unpaired) electrons. The molecule has 4 rings (SSSR count). The van der Waals surface area contributed by atoms with Gasteiger partial charge in [0.15, 0.2) is 5.65 Å². The van der Waals surface area contributed by atoms with Crippen LogP contribution in [0.4, 0.5) is 4.39 Å². The number of primary amides is 1. The molecular formula is C18H22FN5O. The molecule has 3 N–H and O–H groups in total. The third kappa shape index (κ3) is 2.59. The number of hydrogen-bond donors (Lipinski definition) is 2. The zero-order chi connectivity index (χ0) is 17.7. The molecule has 2 heterocycles. The van der Waals surface area contributed by atoms with E-state index in [-0.39, 0.29) is 5.56 Å². The lowest BCUT2D eigenvalue weighted by molar-refractivity contribution is 0.100. The first-order chi connectivity index (χ1) is 12.0. The Kier molecular flexibility index (Phi) is 3.76. The smallest absolute Gasteiger partial charge is 0.251 e. The molecule has 1 amide bonds. The number of nitrogens with zero attached hydrogens (tertiary/aromatic N) is 3. The van der Waals surface area contributed by atoms with Crippen LogP contribution in [-0.4, -0.2) is 45.5 Å². The van der Waals surface area contributed by atoms with Gasteiger partial charge in [-0.1, -0.05) is 0 Å². The van der Waals surface area contributed by atoms with E-state index in [1.807, 2.05) is 6.20 Å². The van der Waals surface area contributed by atoms with Gasteiger partial charge in [-0.05, 0) is 51.8 Å². The number of aromatic nitrogens is 3. The number of nitrogens with one attached hydrogen (secondary N) is 1. The van der Waals surface area contributed by atoms with Crippen LogP contribution in [0.3, 0.4) is 0 Å². The lowest BCUT2D eigenvalue weighted by atomic mass is 9.82. The number of rotatable bonds is 3. The van der Waals surface area contributed by atoms with Crippen molar-refractivity contribution in [1.29, 1.82) is 0 Å². The minimum absolute atomic E-state index is 0.146. The van der Waals surface area contributed by atoms with Crippen molar-refractivity contribution in [2.75, 3.05) is 14.1 Å². The van der Waals surface area contributed by atoms with Crippen LogP contribution in [0, 0.1) is 5.82 Å². The summed E-state index contributed by atoms with van der Waals surface area (Å²) >= 11 is 0. The van der Waals surface area contributed by atoms with Crippen LogP contribution >= 0.6 is 0 Å². The van der Waals surface area contributed by atoms with Gasteiger partial charge in [-0.3, -0.25) is 9.89 Å². The quantitative estimate of drug-likeness (QED) is 0.767. The standard InChI is InChI=1S/C18H22FN5O/c1-23(2)12-5-3-10(4-6-12)14-9-21-24-16-13(17(20)25)7-11(19)8-15(16)22-18(14)24/h7-10,12,21H,3-6H2,1-2H3,(H2,20,25). The van der Waals surface area contributed by atoms with Gasteiger partial charge < -0.3 is 10.6 Å². The second-order valence-corrected chi connectivity index (χ2v) is 7.15. The maximum absolute atomic E-state index is 13.8. The summed E-state index contributed by atoms with van der Waals surface area (Å²) < 4.78 is 15.5. The molecule has 132 valence electrons. The molecule has 1 aliphatic rings. The number of benzene rings is 1. The molecule has 2 aromatic heterocycles. The average Bonchev–Trinajstić information content (AvgIpc) is 3.12. The zero-order valence-corrected chi connectivity index (χ0v) is 14.4. The summed E-state index contributed by atoms with van der Waals surface area (Å²) in [5.41, 5.74) is 8.45. The molecule has 0 bridgehead atoms. The molecule has 7 heteroatoms. The minimum Gasteiger partial charge on any atom is -0.366 e. The van der Waals surface area contributed by atoms with E-state index in [4.69, 9.17) is 5.73 Å². The highest BCUT2D eigenvalue weighted by Crippen LogP contribution is 2.37. The minimum atomic E-state index is -0.658. The van der Waals surface area contributed by atoms with Crippen LogP contribution < -0.4 is 5.73 Å². The van der Waals surface area contributed by atoms with Gasteiger partial charge in [-0.25, -0.2) is 13.9 Å². The van der Waals surface area contributed by atoms with Crippen molar-refractivity contribution in [3.63, 3.8) is 0 Å². The fraction of sp³-hybridized carbons (Fsp3) is 0.444. The number of hydrogen-bond acceptors (Lipinski definition) is 3. The maximum atomic E-state index is 13.8. The summed E-state index contributed by atoms with van der Waals surface area (Å²) in [5.74, 6) is -0.743. The van der Waals surface area contributed by atoms with E-state index in [1.54, 1.807) is 4.52 Å². The molecule has 0 aliphatic heterocycles. The Hall–Kier alpha value is -2.41. The summed E-state index contributed by atoms with van der Waals surface area (Å²) in [5, 5.41) is 3.17. The number of amides is 1. The molecule has 1 aromatic carbocycles. The summed E-state index contributed by atoms with van der Waals surface area (Å²) in [6.45, 7) is 0. The molecule has 1 saturated carbocycles. The van der Waals surface area contributed by atoms with E-state index < -0.39 is 11.7 Å². The van der Waals surface area contributed by atoms with Crippen LogP contribution in [0.25, 0.3) is 16.7 Å². The molecule has 3 aromatic rings. The number of carbonyl (C=O) groups is 1. The molecular weight excluding hydrogens is 321 g/mol. The van der Waals surface area contributed by atoms with Crippen molar-refractivity contribution in [2.45, 2.75) is 37.6 Å². The van der Waals surface area contributed by atoms with Crippen molar-refractivity contribution in [2.24, 2.45) is 5.73 Å². The van der Waals surface area contributed by atoms with E-state index in [2.05, 4.69) is 29.1 Å². The van der Waals surface area contributed by atoms with Crippen molar-refractivity contribution >= 4 is 22.6 Å². The molecule has 25 heavy (non-hydrogen) atoms. The molecule has 6 nitrogen and oxygen atoms in total. The molecule has 1 fully saturated rings. The van der Waals surface area contributed by atoms with Crippen LogP contribution in [0.2, 0.25) is 0 Å². The first-order valence-electron chi connectivity index (χ1n) is 8.61. The monoisotopic (exact) mass is 343 g/mol. The fourth-order valence-corrected chi connectivity index (χ4v) is 4.08. The van der Waals surface area contributed by atoms with Crippen LogP contribution in [0.15, 0.2) is 18.3 Å². The SMILES string of the molecule is CN(C)C1CCC(c2c[nH]n3c2nc2cc(F)cc(C(N)=O)c23)CC1. The first-order valence-corrected chi connectivity index (χ1v) is 8.61. The third-order valence-corrected chi connectivity index (χ3v) is 5.46. The molecule has 0 unspecified atom stereocenters. The maximum Gasteiger partial charge on any atom is 0.251 e. The van der Waals surface area contributed by atoms with Gasteiger partial charge in [-0.15, -0.1) is 0 Å². The molecule has 0 atom stereocenters. The Morgan fingerprint density at radius 1 is 1.32 bits per heavy atom. The Morgan fingerprint density at radius 3 is 2.68 bits per heavy atom. The van der Waals surface area contributed by atoms with E-state index in [1.165, 1.54) is 12.1 Å². The largest absolute Gasteiger partial charge is 0.366 e. The fourth-order valence-electron chi connectivity index (χ4n) is 4.08. The summed E-state index contributed by atoms with van der Waals surface area (Å²) in [4.78, 5) is 18.6. The number of H-pyrrole nitrogens is 1. The number of nitrogens with two attached hydrogens (primary N) is 1. The van der Waals surface area contributed by atoms with Crippen molar-refractivity contribution in [1.82, 2.24) is 19.5 Å². The van der Waals surface area contributed by atoms with Gasteiger partial charge in [-0.2, -0.15) is 0 Å². The molecule has 1 aliphatic carbocycles. The Morgan fingerprint density at radius 2 is 2.04 bits per heavy atom. The Balaban J connectivity index is 1.78. The zero-order valence-electron chi connectivity index (χ0n) is 14.4. The van der Waals surface area contributed by atoms with Gasteiger partial charge in [0.1, 0.15) is 11.3 Å². The second kappa shape index (κ2) is 5.84.